The summed E-state index contributed by atoms with van der Waals surface area (Å²) in [5.74, 6) is 0.325. The van der Waals surface area contributed by atoms with Crippen molar-refractivity contribution < 1.29 is 32.2 Å². The summed E-state index contributed by atoms with van der Waals surface area (Å²) in [4.78, 5) is 26.8. The normalized spacial score (nSPS) is 19.9. The van der Waals surface area contributed by atoms with E-state index in [1.807, 2.05) is 11.8 Å². The van der Waals surface area contributed by atoms with Crippen LogP contribution >= 0.6 is 0 Å². The number of carbonyl (C=O) groups excluding carboxylic acids is 2. The number of sulfonamides is 1. The van der Waals surface area contributed by atoms with Crippen molar-refractivity contribution in [3.63, 3.8) is 0 Å². The molecule has 1 atom stereocenters. The van der Waals surface area contributed by atoms with Crippen molar-refractivity contribution in [1.29, 1.82) is 0 Å². The molecule has 2 N–H and O–H groups in total. The third-order valence-corrected chi connectivity index (χ3v) is 7.75. The van der Waals surface area contributed by atoms with Crippen molar-refractivity contribution in [2.45, 2.75) is 31.2 Å². The largest absolute Gasteiger partial charge is 0.493 e. The molecule has 0 saturated carbocycles. The maximum absolute atomic E-state index is 13.2. The number of nitrogens with zero attached hydrogens (tertiary/aromatic N) is 2. The van der Waals surface area contributed by atoms with Crippen molar-refractivity contribution in [2.24, 2.45) is 0 Å². The van der Waals surface area contributed by atoms with Gasteiger partial charge in [-0.1, -0.05) is 6.92 Å². The minimum absolute atomic E-state index is 0.127. The molecule has 2 heterocycles. The summed E-state index contributed by atoms with van der Waals surface area (Å²) in [6.45, 7) is 5.55. The molecule has 1 fully saturated rings. The average molecular weight is 497 g/mol. The lowest BCUT2D eigenvalue weighted by atomic mass is 10.00. The Bertz CT molecular complexity index is 1050. The molecule has 2 aliphatic heterocycles. The number of amides is 2. The molecule has 2 aliphatic rings. The Kier molecular flexibility index (Phi) is 8.39. The van der Waals surface area contributed by atoms with Crippen LogP contribution in [0.4, 0.5) is 4.79 Å². The third kappa shape index (κ3) is 5.45. The quantitative estimate of drug-likeness (QED) is 0.484. The van der Waals surface area contributed by atoms with E-state index < -0.39 is 22.0 Å². The highest BCUT2D eigenvalue weighted by Crippen LogP contribution is 2.31. The Labute approximate surface area is 200 Å². The fourth-order valence-electron chi connectivity index (χ4n) is 4.06. The Morgan fingerprint density at radius 2 is 1.76 bits per heavy atom. The first-order chi connectivity index (χ1) is 16.2. The summed E-state index contributed by atoms with van der Waals surface area (Å²) < 4.78 is 43.4. The van der Waals surface area contributed by atoms with Crippen LogP contribution in [0, 0.1) is 0 Å². The van der Waals surface area contributed by atoms with Gasteiger partial charge in [0.15, 0.2) is 11.5 Å². The van der Waals surface area contributed by atoms with Crippen LogP contribution in [0.1, 0.15) is 20.3 Å². The van der Waals surface area contributed by atoms with Gasteiger partial charge in [0.05, 0.1) is 37.3 Å². The number of hydrogen-bond acceptors (Lipinski definition) is 8. The number of hydrogen-bond donors (Lipinski definition) is 2. The predicted molar refractivity (Wildman–Crippen MR) is 124 cm³/mol. The number of esters is 1. The molecule has 1 aromatic carbocycles. The summed E-state index contributed by atoms with van der Waals surface area (Å²) in [5, 5.41) is 5.49. The van der Waals surface area contributed by atoms with Gasteiger partial charge < -0.3 is 24.8 Å². The van der Waals surface area contributed by atoms with Gasteiger partial charge in [-0.25, -0.2) is 18.0 Å². The van der Waals surface area contributed by atoms with E-state index in [9.17, 15) is 18.0 Å². The number of rotatable bonds is 9. The van der Waals surface area contributed by atoms with Crippen LogP contribution < -0.4 is 20.1 Å². The van der Waals surface area contributed by atoms with E-state index in [0.717, 1.165) is 0 Å². The Morgan fingerprint density at radius 1 is 1.09 bits per heavy atom. The van der Waals surface area contributed by atoms with Gasteiger partial charge in [0.1, 0.15) is 0 Å². The lowest BCUT2D eigenvalue weighted by Gasteiger charge is -2.36. The molecule has 1 unspecified atom stereocenters. The fraction of sp³-hybridized carbons (Fsp3) is 0.545. The second kappa shape index (κ2) is 11.1. The smallest absolute Gasteiger partial charge is 0.337 e. The first-order valence-electron chi connectivity index (χ1n) is 11.2. The zero-order valence-electron chi connectivity index (χ0n) is 19.9. The molecular weight excluding hydrogens is 464 g/mol. The Morgan fingerprint density at radius 3 is 2.35 bits per heavy atom. The molecule has 0 spiro atoms. The number of ether oxygens (including phenoxy) is 3. The van der Waals surface area contributed by atoms with Crippen molar-refractivity contribution in [2.75, 3.05) is 53.6 Å². The van der Waals surface area contributed by atoms with Crippen LogP contribution in [0.2, 0.25) is 0 Å². The predicted octanol–water partition coefficient (Wildman–Crippen LogP) is 0.919. The van der Waals surface area contributed by atoms with Crippen molar-refractivity contribution in [3.8, 4) is 11.5 Å². The summed E-state index contributed by atoms with van der Waals surface area (Å²) in [7, 11) is -0.783. The summed E-state index contributed by atoms with van der Waals surface area (Å²) >= 11 is 0. The number of piperazine rings is 1. The highest BCUT2D eigenvalue weighted by molar-refractivity contribution is 7.89. The maximum atomic E-state index is 13.2. The highest BCUT2D eigenvalue weighted by atomic mass is 32.2. The molecule has 2 amide bonds. The number of nitrogens with one attached hydrogen (secondary N) is 2. The van der Waals surface area contributed by atoms with Crippen LogP contribution in [0.5, 0.6) is 11.5 Å². The minimum Gasteiger partial charge on any atom is -0.493 e. The maximum Gasteiger partial charge on any atom is 0.337 e. The number of urea groups is 1. The highest BCUT2D eigenvalue weighted by Gasteiger charge is 2.34. The first kappa shape index (κ1) is 25.8. The summed E-state index contributed by atoms with van der Waals surface area (Å²) in [5.41, 5.74) is 0.898. The van der Waals surface area contributed by atoms with Crippen LogP contribution in [0.15, 0.2) is 34.4 Å². The van der Waals surface area contributed by atoms with E-state index >= 15 is 0 Å². The molecule has 0 aliphatic carbocycles. The van der Waals surface area contributed by atoms with Crippen molar-refractivity contribution in [3.05, 3.63) is 29.5 Å². The van der Waals surface area contributed by atoms with Gasteiger partial charge >= 0.3 is 12.0 Å². The van der Waals surface area contributed by atoms with Crippen LogP contribution in [0.3, 0.4) is 0 Å². The van der Waals surface area contributed by atoms with Crippen molar-refractivity contribution >= 4 is 22.0 Å². The van der Waals surface area contributed by atoms with Gasteiger partial charge in [-0.15, -0.1) is 0 Å². The zero-order chi connectivity index (χ0) is 24.9. The second-order valence-corrected chi connectivity index (χ2v) is 9.81. The molecule has 188 valence electrons. The van der Waals surface area contributed by atoms with E-state index in [1.165, 1.54) is 30.7 Å². The molecule has 0 bridgehead atoms. The second-order valence-electron chi connectivity index (χ2n) is 7.87. The van der Waals surface area contributed by atoms with Gasteiger partial charge in [0, 0.05) is 44.5 Å². The minimum atomic E-state index is -3.72. The molecule has 0 aromatic heterocycles. The number of methoxy groups -OCH3 is 2. The molecule has 11 nitrogen and oxygen atoms in total. The van der Waals surface area contributed by atoms with E-state index in [4.69, 9.17) is 14.2 Å². The third-order valence-electron chi connectivity index (χ3n) is 5.85. The lowest BCUT2D eigenvalue weighted by Crippen LogP contribution is -2.54. The lowest BCUT2D eigenvalue weighted by molar-refractivity contribution is -0.139. The fourth-order valence-corrected chi connectivity index (χ4v) is 5.50. The SMILES string of the molecule is CCOC(=O)C1=C(CN2CCN(S(=O)(=O)c3ccc(OC)c(OC)c3)CC2)NC(=O)NC1CC. The van der Waals surface area contributed by atoms with Gasteiger partial charge in [-0.05, 0) is 25.5 Å². The summed E-state index contributed by atoms with van der Waals surface area (Å²) in [6.07, 6.45) is 0.544. The van der Waals surface area contributed by atoms with Crippen LogP contribution in [-0.4, -0.2) is 89.2 Å². The molecule has 1 aromatic rings. The molecule has 12 heteroatoms. The molecule has 34 heavy (non-hydrogen) atoms. The average Bonchev–Trinajstić information content (AvgIpc) is 2.83. The van der Waals surface area contributed by atoms with E-state index in [-0.39, 0.29) is 30.6 Å². The molecule has 1 saturated heterocycles. The van der Waals surface area contributed by atoms with Gasteiger partial charge in [0.2, 0.25) is 10.0 Å². The monoisotopic (exact) mass is 496 g/mol. The van der Waals surface area contributed by atoms with Crippen LogP contribution in [0.25, 0.3) is 0 Å². The first-order valence-corrected chi connectivity index (χ1v) is 12.6. The molecular formula is C22H32N4O7S. The standard InChI is InChI=1S/C22H32N4O7S/c1-5-16-20(21(27)33-6-2)17(24-22(28)23-16)14-25-9-11-26(12-10-25)34(29,30)15-7-8-18(31-3)19(13-15)32-4/h7-8,13,16H,5-6,9-12,14H2,1-4H3,(H2,23,24,28). The number of carbonyl (C=O) groups is 2. The van der Waals surface area contributed by atoms with E-state index in [2.05, 4.69) is 10.6 Å². The molecule has 3 rings (SSSR count). The molecule has 0 radical (unpaired) electrons. The van der Waals surface area contributed by atoms with E-state index in [1.54, 1.807) is 13.0 Å². The summed E-state index contributed by atoms with van der Waals surface area (Å²) in [6, 6.07) is 3.70. The topological polar surface area (TPSA) is 127 Å². The zero-order valence-corrected chi connectivity index (χ0v) is 20.7. The van der Waals surface area contributed by atoms with Gasteiger partial charge in [-0.3, -0.25) is 4.90 Å². The van der Waals surface area contributed by atoms with Crippen LogP contribution in [-0.2, 0) is 19.6 Å². The van der Waals surface area contributed by atoms with E-state index in [0.29, 0.717) is 48.8 Å². The van der Waals surface area contributed by atoms with Gasteiger partial charge in [0.25, 0.3) is 0 Å². The Hall–Kier alpha value is -2.83. The van der Waals surface area contributed by atoms with Crippen molar-refractivity contribution in [1.82, 2.24) is 19.8 Å². The van der Waals surface area contributed by atoms with Gasteiger partial charge in [-0.2, -0.15) is 4.31 Å². The number of benzene rings is 1. The Balaban J connectivity index is 1.73.